The van der Waals surface area contributed by atoms with Gasteiger partial charge in [-0.3, -0.25) is 4.98 Å². The van der Waals surface area contributed by atoms with E-state index in [9.17, 15) is 9.90 Å². The molecule has 226 valence electrons. The van der Waals surface area contributed by atoms with Gasteiger partial charge in [0.25, 0.3) is 0 Å². The van der Waals surface area contributed by atoms with Gasteiger partial charge < -0.3 is 24.8 Å². The van der Waals surface area contributed by atoms with Crippen LogP contribution in [0.15, 0.2) is 42.7 Å². The number of aliphatic carboxylic acids is 1. The molecule has 42 heavy (non-hydrogen) atoms. The van der Waals surface area contributed by atoms with E-state index in [1.807, 2.05) is 71.3 Å². The minimum atomic E-state index is -1.14. The van der Waals surface area contributed by atoms with Crippen molar-refractivity contribution in [3.8, 4) is 16.9 Å². The fourth-order valence-electron chi connectivity index (χ4n) is 5.36. The number of ether oxygens (including phenoxy) is 2. The molecule has 1 aliphatic rings. The van der Waals surface area contributed by atoms with Gasteiger partial charge in [0.15, 0.2) is 6.10 Å². The first kappa shape index (κ1) is 31.3. The average Bonchev–Trinajstić information content (AvgIpc) is 2.91. The lowest BCUT2D eigenvalue weighted by Gasteiger charge is -2.40. The number of nitrogens with zero attached hydrogens (tertiary/aromatic N) is 3. The second-order valence-electron chi connectivity index (χ2n) is 13.1. The molecule has 1 aromatic carbocycles. The highest BCUT2D eigenvalue weighted by atomic mass is 16.5. The molecule has 0 aliphatic carbocycles. The third kappa shape index (κ3) is 7.79. The third-order valence-electron chi connectivity index (χ3n) is 7.75. The van der Waals surface area contributed by atoms with Crippen molar-refractivity contribution in [3.05, 3.63) is 65.1 Å². The summed E-state index contributed by atoms with van der Waals surface area (Å²) in [5.74, 6) is 0.604. The van der Waals surface area contributed by atoms with E-state index in [-0.39, 0.29) is 5.41 Å². The summed E-state index contributed by atoms with van der Waals surface area (Å²) in [5.41, 5.74) is 5.80. The largest absolute Gasteiger partial charge is 0.491 e. The van der Waals surface area contributed by atoms with Gasteiger partial charge in [0.2, 0.25) is 0 Å². The number of pyridine rings is 2. The van der Waals surface area contributed by atoms with Crippen molar-refractivity contribution in [1.82, 2.24) is 9.97 Å². The quantitative estimate of drug-likeness (QED) is 0.247. The Morgan fingerprint density at radius 1 is 1.07 bits per heavy atom. The SMILES string of the molecule is Cc1ccc(OCCNc2ccc(-c3cnc(C)c([C@H](OC(C)(C)C)C(=O)O)c3N3CCC(C)(C)CC3)cn2)c(C)c1. The number of carboxylic acids is 1. The van der Waals surface area contributed by atoms with Gasteiger partial charge in [-0.15, -0.1) is 0 Å². The Bertz CT molecular complexity index is 1390. The third-order valence-corrected chi connectivity index (χ3v) is 7.75. The number of aryl methyl sites for hydroxylation is 3. The highest BCUT2D eigenvalue weighted by Gasteiger charge is 2.35. The summed E-state index contributed by atoms with van der Waals surface area (Å²) in [6, 6.07) is 10.1. The van der Waals surface area contributed by atoms with Crippen LogP contribution in [0.25, 0.3) is 11.1 Å². The molecule has 1 aliphatic heterocycles. The summed E-state index contributed by atoms with van der Waals surface area (Å²) in [6.07, 6.45) is 4.54. The van der Waals surface area contributed by atoms with Gasteiger partial charge in [-0.05, 0) is 83.6 Å². The smallest absolute Gasteiger partial charge is 0.337 e. The summed E-state index contributed by atoms with van der Waals surface area (Å²) in [5, 5.41) is 13.6. The monoisotopic (exact) mass is 574 g/mol. The van der Waals surface area contributed by atoms with Crippen molar-refractivity contribution in [1.29, 1.82) is 0 Å². The molecule has 0 saturated carbocycles. The van der Waals surface area contributed by atoms with Crippen molar-refractivity contribution in [3.63, 3.8) is 0 Å². The van der Waals surface area contributed by atoms with E-state index < -0.39 is 17.7 Å². The standard InChI is InChI=1S/C34H46N4O4/c1-22-9-11-27(23(2)19-22)41-18-15-35-28-12-10-25(20-37-28)26-21-36-24(3)29(31(32(39)40)42-33(4,5)6)30(26)38-16-13-34(7,8)14-17-38/h9-12,19-21,31H,13-18H2,1-8H3,(H,35,37)(H,39,40)/t31-/m0/s1. The molecule has 2 N–H and O–H groups in total. The number of rotatable bonds is 10. The molecule has 1 atom stereocenters. The molecule has 0 radical (unpaired) electrons. The number of hydrogen-bond donors (Lipinski definition) is 2. The van der Waals surface area contributed by atoms with Gasteiger partial charge in [-0.25, -0.2) is 9.78 Å². The van der Waals surface area contributed by atoms with Crippen LogP contribution in [0.2, 0.25) is 0 Å². The fourth-order valence-corrected chi connectivity index (χ4v) is 5.36. The molecule has 1 fully saturated rings. The summed E-state index contributed by atoms with van der Waals surface area (Å²) >= 11 is 0. The number of benzene rings is 1. The van der Waals surface area contributed by atoms with Crippen LogP contribution in [-0.2, 0) is 9.53 Å². The van der Waals surface area contributed by atoms with Crippen molar-refractivity contribution >= 4 is 17.5 Å². The number of piperidine rings is 1. The van der Waals surface area contributed by atoms with Crippen LogP contribution in [-0.4, -0.2) is 52.9 Å². The molecule has 0 amide bonds. The summed E-state index contributed by atoms with van der Waals surface area (Å²) in [7, 11) is 0. The van der Waals surface area contributed by atoms with Gasteiger partial charge in [-0.2, -0.15) is 0 Å². The number of carboxylic acid groups (broad SMARTS) is 1. The van der Waals surface area contributed by atoms with Crippen molar-refractivity contribution < 1.29 is 19.4 Å². The predicted molar refractivity (Wildman–Crippen MR) is 169 cm³/mol. The van der Waals surface area contributed by atoms with Gasteiger partial charge in [0.05, 0.1) is 17.8 Å². The van der Waals surface area contributed by atoms with Gasteiger partial charge >= 0.3 is 5.97 Å². The van der Waals surface area contributed by atoms with E-state index in [2.05, 4.69) is 47.0 Å². The topological polar surface area (TPSA) is 96.8 Å². The maximum atomic E-state index is 12.6. The van der Waals surface area contributed by atoms with E-state index in [1.165, 1.54) is 5.56 Å². The number of hydrogen-bond acceptors (Lipinski definition) is 7. The molecule has 4 rings (SSSR count). The maximum absolute atomic E-state index is 12.6. The second kappa shape index (κ2) is 12.7. The summed E-state index contributed by atoms with van der Waals surface area (Å²) in [4.78, 5) is 24.3. The average molecular weight is 575 g/mol. The van der Waals surface area contributed by atoms with E-state index >= 15 is 0 Å². The zero-order valence-electron chi connectivity index (χ0n) is 26.4. The predicted octanol–water partition coefficient (Wildman–Crippen LogP) is 7.13. The van der Waals surface area contributed by atoms with Gasteiger partial charge in [0, 0.05) is 47.9 Å². The Morgan fingerprint density at radius 3 is 2.38 bits per heavy atom. The highest BCUT2D eigenvalue weighted by Crippen LogP contribution is 2.43. The Morgan fingerprint density at radius 2 is 1.79 bits per heavy atom. The summed E-state index contributed by atoms with van der Waals surface area (Å²) in [6.45, 7) is 19.0. The van der Waals surface area contributed by atoms with Gasteiger partial charge in [-0.1, -0.05) is 31.5 Å². The summed E-state index contributed by atoms with van der Waals surface area (Å²) < 4.78 is 12.1. The highest BCUT2D eigenvalue weighted by molar-refractivity contribution is 5.86. The zero-order chi connectivity index (χ0) is 30.7. The van der Waals surface area contributed by atoms with Crippen LogP contribution >= 0.6 is 0 Å². The minimum absolute atomic E-state index is 0.240. The van der Waals surface area contributed by atoms with Crippen molar-refractivity contribution in [2.24, 2.45) is 5.41 Å². The lowest BCUT2D eigenvalue weighted by molar-refractivity contribution is -0.160. The molecule has 3 heterocycles. The fraction of sp³-hybridized carbons (Fsp3) is 0.500. The normalized spacial score (nSPS) is 15.8. The van der Waals surface area contributed by atoms with Crippen LogP contribution in [0.4, 0.5) is 11.5 Å². The molecule has 8 heteroatoms. The molecular weight excluding hydrogens is 528 g/mol. The number of nitrogens with one attached hydrogen (secondary N) is 1. The molecule has 0 spiro atoms. The number of carbonyl (C=O) groups is 1. The van der Waals surface area contributed by atoms with Crippen molar-refractivity contribution in [2.45, 2.75) is 79.9 Å². The number of anilines is 2. The van der Waals surface area contributed by atoms with Crippen LogP contribution < -0.4 is 15.0 Å². The molecule has 3 aromatic rings. The molecular formula is C34H46N4O4. The first-order chi connectivity index (χ1) is 19.7. The maximum Gasteiger partial charge on any atom is 0.337 e. The first-order valence-corrected chi connectivity index (χ1v) is 14.8. The molecule has 0 bridgehead atoms. The van der Waals surface area contributed by atoms with Crippen LogP contribution in [0, 0.1) is 26.2 Å². The zero-order valence-corrected chi connectivity index (χ0v) is 26.4. The lowest BCUT2D eigenvalue weighted by atomic mass is 9.82. The van der Waals surface area contributed by atoms with Crippen LogP contribution in [0.5, 0.6) is 5.75 Å². The molecule has 8 nitrogen and oxygen atoms in total. The van der Waals surface area contributed by atoms with E-state index in [0.717, 1.165) is 59.9 Å². The second-order valence-corrected chi connectivity index (χ2v) is 13.1. The first-order valence-electron chi connectivity index (χ1n) is 14.8. The van der Waals surface area contributed by atoms with Crippen LogP contribution in [0.1, 0.15) is 75.9 Å². The number of aromatic nitrogens is 2. The Labute approximate surface area is 250 Å². The molecule has 1 saturated heterocycles. The Hall–Kier alpha value is -3.65. The molecule has 2 aromatic heterocycles. The molecule has 0 unspecified atom stereocenters. The van der Waals surface area contributed by atoms with Crippen molar-refractivity contribution in [2.75, 3.05) is 36.5 Å². The Balaban J connectivity index is 1.61. The van der Waals surface area contributed by atoms with E-state index in [4.69, 9.17) is 9.47 Å². The Kier molecular flexibility index (Phi) is 9.46. The van der Waals surface area contributed by atoms with E-state index in [1.54, 1.807) is 0 Å². The lowest BCUT2D eigenvalue weighted by Crippen LogP contribution is -2.39. The van der Waals surface area contributed by atoms with Gasteiger partial charge in [0.1, 0.15) is 18.2 Å². The van der Waals surface area contributed by atoms with Crippen LogP contribution in [0.3, 0.4) is 0 Å². The minimum Gasteiger partial charge on any atom is -0.491 e. The van der Waals surface area contributed by atoms with E-state index in [0.29, 0.717) is 24.4 Å².